The summed E-state index contributed by atoms with van der Waals surface area (Å²) in [5.41, 5.74) is 0.229. The molecule has 1 aromatic carbocycles. The van der Waals surface area contributed by atoms with Gasteiger partial charge in [-0.25, -0.2) is 19.3 Å². The maximum Gasteiger partial charge on any atom is 0.230 e. The SMILES string of the molecule is Fc1cccc2c(Oc3cccnc3Br)ncnc12. The Bertz CT molecular complexity index is 751. The number of para-hydroxylation sites is 1. The molecule has 0 N–H and O–H groups in total. The van der Waals surface area contributed by atoms with Crippen LogP contribution in [0.5, 0.6) is 11.6 Å². The normalized spacial score (nSPS) is 10.6. The zero-order chi connectivity index (χ0) is 13.2. The fourth-order valence-corrected chi connectivity index (χ4v) is 1.99. The minimum absolute atomic E-state index is 0.229. The van der Waals surface area contributed by atoms with E-state index >= 15 is 0 Å². The van der Waals surface area contributed by atoms with E-state index in [2.05, 4.69) is 30.9 Å². The molecule has 0 aliphatic heterocycles. The molecule has 6 heteroatoms. The van der Waals surface area contributed by atoms with Crippen molar-refractivity contribution in [2.75, 3.05) is 0 Å². The Morgan fingerprint density at radius 1 is 1.05 bits per heavy atom. The lowest BCUT2D eigenvalue weighted by molar-refractivity contribution is 0.462. The Balaban J connectivity index is 2.12. The second-order valence-electron chi connectivity index (χ2n) is 3.71. The van der Waals surface area contributed by atoms with E-state index in [1.807, 2.05) is 0 Å². The highest BCUT2D eigenvalue weighted by Gasteiger charge is 2.10. The van der Waals surface area contributed by atoms with Crippen LogP contribution in [0.4, 0.5) is 4.39 Å². The fraction of sp³-hybridized carbons (Fsp3) is 0. The summed E-state index contributed by atoms with van der Waals surface area (Å²) in [7, 11) is 0. The molecule has 2 aromatic heterocycles. The number of fused-ring (bicyclic) bond motifs is 1. The molecule has 0 unspecified atom stereocenters. The number of ether oxygens (including phenoxy) is 1. The van der Waals surface area contributed by atoms with Gasteiger partial charge in [0.25, 0.3) is 0 Å². The lowest BCUT2D eigenvalue weighted by Gasteiger charge is -2.08. The summed E-state index contributed by atoms with van der Waals surface area (Å²) in [5, 5.41) is 0.512. The van der Waals surface area contributed by atoms with Gasteiger partial charge in [0.15, 0.2) is 5.75 Å². The Labute approximate surface area is 116 Å². The molecule has 0 bridgehead atoms. The molecule has 0 spiro atoms. The van der Waals surface area contributed by atoms with Gasteiger partial charge in [0.2, 0.25) is 5.88 Å². The number of hydrogen-bond donors (Lipinski definition) is 0. The van der Waals surface area contributed by atoms with Crippen molar-refractivity contribution in [2.45, 2.75) is 0 Å². The molecule has 4 nitrogen and oxygen atoms in total. The van der Waals surface area contributed by atoms with E-state index in [1.165, 1.54) is 12.4 Å². The van der Waals surface area contributed by atoms with Crippen LogP contribution in [0.2, 0.25) is 0 Å². The summed E-state index contributed by atoms with van der Waals surface area (Å²) >= 11 is 3.28. The summed E-state index contributed by atoms with van der Waals surface area (Å²) in [6.07, 6.45) is 2.90. The van der Waals surface area contributed by atoms with Gasteiger partial charge in [-0.05, 0) is 40.2 Å². The third-order valence-electron chi connectivity index (χ3n) is 2.51. The van der Waals surface area contributed by atoms with Gasteiger partial charge in [-0.1, -0.05) is 6.07 Å². The predicted octanol–water partition coefficient (Wildman–Crippen LogP) is 3.72. The van der Waals surface area contributed by atoms with Crippen molar-refractivity contribution in [2.24, 2.45) is 0 Å². The summed E-state index contributed by atoms with van der Waals surface area (Å²) in [6.45, 7) is 0. The second kappa shape index (κ2) is 4.89. The number of nitrogens with zero attached hydrogens (tertiary/aromatic N) is 3. The van der Waals surface area contributed by atoms with Crippen molar-refractivity contribution in [3.05, 3.63) is 53.3 Å². The molecule has 94 valence electrons. The average Bonchev–Trinajstić information content (AvgIpc) is 2.42. The van der Waals surface area contributed by atoms with Gasteiger partial charge in [0.05, 0.1) is 5.39 Å². The first-order chi connectivity index (χ1) is 9.25. The van der Waals surface area contributed by atoms with Crippen molar-refractivity contribution in [1.29, 1.82) is 0 Å². The predicted molar refractivity (Wildman–Crippen MR) is 71.5 cm³/mol. The number of hydrogen-bond acceptors (Lipinski definition) is 4. The van der Waals surface area contributed by atoms with Crippen molar-refractivity contribution in [3.8, 4) is 11.6 Å². The van der Waals surface area contributed by atoms with Crippen molar-refractivity contribution in [3.63, 3.8) is 0 Å². The molecule has 0 atom stereocenters. The first-order valence-corrected chi connectivity index (χ1v) is 6.22. The molecule has 0 saturated heterocycles. The van der Waals surface area contributed by atoms with E-state index < -0.39 is 5.82 Å². The molecule has 0 saturated carbocycles. The molecule has 3 rings (SSSR count). The largest absolute Gasteiger partial charge is 0.435 e. The van der Waals surface area contributed by atoms with Crippen LogP contribution in [-0.4, -0.2) is 15.0 Å². The molecule has 0 amide bonds. The van der Waals surface area contributed by atoms with E-state index in [9.17, 15) is 4.39 Å². The summed E-state index contributed by atoms with van der Waals surface area (Å²) in [4.78, 5) is 12.0. The van der Waals surface area contributed by atoms with Gasteiger partial charge in [0, 0.05) is 6.20 Å². The Hall–Kier alpha value is -2.08. The molecule has 0 fully saturated rings. The van der Waals surface area contributed by atoms with Crippen LogP contribution in [0.25, 0.3) is 10.9 Å². The Morgan fingerprint density at radius 3 is 2.79 bits per heavy atom. The minimum Gasteiger partial charge on any atom is -0.435 e. The van der Waals surface area contributed by atoms with E-state index in [0.29, 0.717) is 21.6 Å². The van der Waals surface area contributed by atoms with Crippen molar-refractivity contribution >= 4 is 26.8 Å². The molecule has 19 heavy (non-hydrogen) atoms. The second-order valence-corrected chi connectivity index (χ2v) is 4.46. The van der Waals surface area contributed by atoms with Crippen LogP contribution in [-0.2, 0) is 0 Å². The Kier molecular flexibility index (Phi) is 3.08. The number of rotatable bonds is 2. The fourth-order valence-electron chi connectivity index (χ4n) is 1.66. The maximum atomic E-state index is 13.6. The average molecular weight is 320 g/mol. The molecule has 3 aromatic rings. The summed E-state index contributed by atoms with van der Waals surface area (Å²) in [5.74, 6) is 0.389. The van der Waals surface area contributed by atoms with Gasteiger partial charge in [0.1, 0.15) is 22.3 Å². The van der Waals surface area contributed by atoms with Crippen LogP contribution < -0.4 is 4.74 Å². The zero-order valence-corrected chi connectivity index (χ0v) is 11.1. The molecule has 0 aliphatic carbocycles. The van der Waals surface area contributed by atoms with Crippen LogP contribution >= 0.6 is 15.9 Å². The van der Waals surface area contributed by atoms with Gasteiger partial charge in [-0.2, -0.15) is 0 Å². The molecule has 0 aliphatic rings. The van der Waals surface area contributed by atoms with Crippen molar-refractivity contribution in [1.82, 2.24) is 15.0 Å². The van der Waals surface area contributed by atoms with Gasteiger partial charge < -0.3 is 4.74 Å². The smallest absolute Gasteiger partial charge is 0.230 e. The third kappa shape index (κ3) is 2.26. The number of halogens is 2. The first kappa shape index (κ1) is 12.0. The Morgan fingerprint density at radius 2 is 1.95 bits per heavy atom. The first-order valence-electron chi connectivity index (χ1n) is 5.43. The molecule has 2 heterocycles. The van der Waals surface area contributed by atoms with Crippen molar-refractivity contribution < 1.29 is 9.13 Å². The molecular weight excluding hydrogens is 313 g/mol. The maximum absolute atomic E-state index is 13.6. The highest BCUT2D eigenvalue weighted by Crippen LogP contribution is 2.30. The van der Waals surface area contributed by atoms with E-state index in [4.69, 9.17) is 4.74 Å². The number of pyridine rings is 1. The van der Waals surface area contributed by atoms with E-state index in [-0.39, 0.29) is 5.52 Å². The lowest BCUT2D eigenvalue weighted by Crippen LogP contribution is -1.94. The quantitative estimate of drug-likeness (QED) is 0.675. The number of aromatic nitrogens is 3. The third-order valence-corrected chi connectivity index (χ3v) is 3.11. The van der Waals surface area contributed by atoms with E-state index in [1.54, 1.807) is 30.5 Å². The van der Waals surface area contributed by atoms with E-state index in [0.717, 1.165) is 0 Å². The zero-order valence-electron chi connectivity index (χ0n) is 9.55. The van der Waals surface area contributed by atoms with Gasteiger partial charge >= 0.3 is 0 Å². The standard InChI is InChI=1S/C13H7BrFN3O/c14-12-10(5-2-6-16-12)19-13-8-3-1-4-9(15)11(8)17-7-18-13/h1-7H. The molecule has 0 radical (unpaired) electrons. The van der Waals surface area contributed by atoms with Gasteiger partial charge in [-0.3, -0.25) is 0 Å². The topological polar surface area (TPSA) is 47.9 Å². The summed E-state index contributed by atoms with van der Waals surface area (Å²) < 4.78 is 19.8. The number of benzene rings is 1. The van der Waals surface area contributed by atoms with Gasteiger partial charge in [-0.15, -0.1) is 0 Å². The van der Waals surface area contributed by atoms with Crippen LogP contribution in [0.15, 0.2) is 47.5 Å². The van der Waals surface area contributed by atoms with Crippen LogP contribution in [0, 0.1) is 5.82 Å². The van der Waals surface area contributed by atoms with Crippen LogP contribution in [0.3, 0.4) is 0 Å². The molecular formula is C13H7BrFN3O. The van der Waals surface area contributed by atoms with Crippen LogP contribution in [0.1, 0.15) is 0 Å². The summed E-state index contributed by atoms with van der Waals surface area (Å²) in [6, 6.07) is 8.12. The highest BCUT2D eigenvalue weighted by molar-refractivity contribution is 9.10. The monoisotopic (exact) mass is 319 g/mol. The minimum atomic E-state index is -0.407. The lowest BCUT2D eigenvalue weighted by atomic mass is 10.2. The highest BCUT2D eigenvalue weighted by atomic mass is 79.9.